The molecule has 11 heteroatoms. The van der Waals surface area contributed by atoms with Gasteiger partial charge in [-0.25, -0.2) is 0 Å². The van der Waals surface area contributed by atoms with Crippen molar-refractivity contribution in [2.45, 2.75) is 32.2 Å². The maximum absolute atomic E-state index is 13.5. The zero-order chi connectivity index (χ0) is 26.6. The fourth-order valence-corrected chi connectivity index (χ4v) is 4.68. The highest BCUT2D eigenvalue weighted by Crippen LogP contribution is 2.35. The number of Topliss-reactive ketones (excluding diaryl/α,β-unsaturated/α-hetero) is 1. The highest BCUT2D eigenvalue weighted by Gasteiger charge is 2.24. The summed E-state index contributed by atoms with van der Waals surface area (Å²) in [7, 11) is 1.52. The molecule has 0 spiro atoms. The lowest BCUT2D eigenvalue weighted by molar-refractivity contribution is -0.121. The quantitative estimate of drug-likeness (QED) is 0.278. The van der Waals surface area contributed by atoms with Gasteiger partial charge in [-0.05, 0) is 52.7 Å². The third kappa shape index (κ3) is 5.03. The Morgan fingerprint density at radius 2 is 1.87 bits per heavy atom. The van der Waals surface area contributed by atoms with Gasteiger partial charge in [-0.3, -0.25) is 19.6 Å². The van der Waals surface area contributed by atoms with Crippen LogP contribution in [0.2, 0.25) is 5.02 Å². The number of benzene rings is 2. The van der Waals surface area contributed by atoms with Gasteiger partial charge in [-0.15, -0.1) is 5.10 Å². The summed E-state index contributed by atoms with van der Waals surface area (Å²) in [6, 6.07) is 11.6. The lowest BCUT2D eigenvalue weighted by Crippen LogP contribution is -2.30. The van der Waals surface area contributed by atoms with Gasteiger partial charge in [0.05, 0.1) is 36.1 Å². The predicted octanol–water partition coefficient (Wildman–Crippen LogP) is 4.25. The predicted molar refractivity (Wildman–Crippen MR) is 143 cm³/mol. The van der Waals surface area contributed by atoms with Crippen molar-refractivity contribution in [2.24, 2.45) is 0 Å². The van der Waals surface area contributed by atoms with Gasteiger partial charge >= 0.3 is 0 Å². The number of hydrogen-bond acceptors (Lipinski definition) is 8. The van der Waals surface area contributed by atoms with Crippen molar-refractivity contribution in [3.63, 3.8) is 0 Å². The normalized spacial score (nSPS) is 12.0. The number of nitrogens with zero attached hydrogens (tertiary/aromatic N) is 7. The number of carbonyl (C=O) groups is 1. The van der Waals surface area contributed by atoms with E-state index in [2.05, 4.69) is 25.5 Å². The Balaban J connectivity index is 1.53. The van der Waals surface area contributed by atoms with Crippen LogP contribution in [0.25, 0.3) is 27.8 Å². The lowest BCUT2D eigenvalue weighted by atomic mass is 9.98. The van der Waals surface area contributed by atoms with Crippen molar-refractivity contribution in [3.8, 4) is 22.6 Å². The van der Waals surface area contributed by atoms with Crippen LogP contribution >= 0.6 is 11.6 Å². The van der Waals surface area contributed by atoms with Crippen LogP contribution < -0.4 is 10.3 Å². The minimum atomic E-state index is -0.661. The first-order valence-electron chi connectivity index (χ1n) is 12.0. The number of methoxy groups -OCH3 is 1. The number of fused-ring (bicyclic) bond motifs is 1. The summed E-state index contributed by atoms with van der Waals surface area (Å²) in [5.74, 6) is 0.334. The number of ketones is 1. The Morgan fingerprint density at radius 3 is 2.61 bits per heavy atom. The molecular weight excluding hydrogens is 506 g/mol. The van der Waals surface area contributed by atoms with E-state index in [1.54, 1.807) is 36.8 Å². The number of rotatable bonds is 9. The summed E-state index contributed by atoms with van der Waals surface area (Å²) in [5, 5.41) is 11.8. The zero-order valence-electron chi connectivity index (χ0n) is 20.8. The van der Waals surface area contributed by atoms with Crippen LogP contribution in [-0.2, 0) is 11.2 Å². The van der Waals surface area contributed by atoms with Crippen molar-refractivity contribution >= 4 is 28.4 Å². The summed E-state index contributed by atoms with van der Waals surface area (Å²) < 4.78 is 8.63. The number of pyridine rings is 1. The van der Waals surface area contributed by atoms with Crippen molar-refractivity contribution in [1.29, 1.82) is 0 Å². The number of ether oxygens (including phenoxy) is 1. The molecule has 0 bridgehead atoms. The first-order chi connectivity index (χ1) is 18.5. The van der Waals surface area contributed by atoms with E-state index in [0.29, 0.717) is 45.9 Å². The molecule has 192 valence electrons. The smallest absolute Gasteiger partial charge is 0.252 e. The zero-order valence-corrected chi connectivity index (χ0v) is 21.5. The number of tetrazole rings is 1. The molecule has 5 aromatic rings. The molecular formula is C27H24ClN7O3. The van der Waals surface area contributed by atoms with E-state index in [9.17, 15) is 9.59 Å². The van der Waals surface area contributed by atoms with Crippen LogP contribution in [0.3, 0.4) is 0 Å². The van der Waals surface area contributed by atoms with E-state index in [0.717, 1.165) is 11.1 Å². The van der Waals surface area contributed by atoms with Gasteiger partial charge < -0.3 is 9.30 Å². The van der Waals surface area contributed by atoms with E-state index in [4.69, 9.17) is 16.3 Å². The van der Waals surface area contributed by atoms with Gasteiger partial charge in [0.25, 0.3) is 5.56 Å². The SMILES string of the molecule is CCCC(C(=O)Cc1ccc2nccnc2c1)n1cc(OC)c(-c2cc(Cl)ccc2-n2cnnn2)cc1=O. The van der Waals surface area contributed by atoms with Crippen molar-refractivity contribution in [2.75, 3.05) is 7.11 Å². The molecule has 0 radical (unpaired) electrons. The highest BCUT2D eigenvalue weighted by molar-refractivity contribution is 6.31. The topological polar surface area (TPSA) is 118 Å². The molecule has 0 fully saturated rings. The minimum absolute atomic E-state index is 0.0795. The number of hydrogen-bond donors (Lipinski definition) is 0. The average Bonchev–Trinajstić information content (AvgIpc) is 3.46. The summed E-state index contributed by atoms with van der Waals surface area (Å²) in [4.78, 5) is 35.6. The molecule has 1 atom stereocenters. The minimum Gasteiger partial charge on any atom is -0.495 e. The van der Waals surface area contributed by atoms with Crippen LogP contribution in [0.15, 0.2) is 72.2 Å². The van der Waals surface area contributed by atoms with Crippen LogP contribution in [0, 0.1) is 0 Å². The summed E-state index contributed by atoms with van der Waals surface area (Å²) in [6.45, 7) is 1.98. The van der Waals surface area contributed by atoms with Gasteiger partial charge in [0.15, 0.2) is 5.78 Å². The largest absolute Gasteiger partial charge is 0.495 e. The Morgan fingerprint density at radius 1 is 1.05 bits per heavy atom. The summed E-state index contributed by atoms with van der Waals surface area (Å²) in [5.41, 5.74) is 3.69. The second-order valence-corrected chi connectivity index (χ2v) is 9.18. The monoisotopic (exact) mass is 529 g/mol. The van der Waals surface area contributed by atoms with Crippen molar-refractivity contribution < 1.29 is 9.53 Å². The maximum atomic E-state index is 13.5. The molecule has 0 saturated carbocycles. The number of aromatic nitrogens is 7. The third-order valence-corrected chi connectivity index (χ3v) is 6.53. The molecule has 0 aliphatic heterocycles. The van der Waals surface area contributed by atoms with E-state index in [1.807, 2.05) is 25.1 Å². The van der Waals surface area contributed by atoms with E-state index < -0.39 is 6.04 Å². The molecule has 0 N–H and O–H groups in total. The Bertz CT molecular complexity index is 1670. The maximum Gasteiger partial charge on any atom is 0.252 e. The lowest BCUT2D eigenvalue weighted by Gasteiger charge is -2.21. The first kappa shape index (κ1) is 25.2. The van der Waals surface area contributed by atoms with Gasteiger partial charge in [-0.2, -0.15) is 4.68 Å². The van der Waals surface area contributed by atoms with Crippen molar-refractivity contribution in [3.05, 3.63) is 88.3 Å². The summed E-state index contributed by atoms with van der Waals surface area (Å²) >= 11 is 6.30. The third-order valence-electron chi connectivity index (χ3n) is 6.29. The van der Waals surface area contributed by atoms with Crippen LogP contribution in [0.4, 0.5) is 0 Å². The molecule has 5 rings (SSSR count). The van der Waals surface area contributed by atoms with Gasteiger partial charge in [0, 0.05) is 41.0 Å². The Hall–Kier alpha value is -4.44. The fourth-order valence-electron chi connectivity index (χ4n) is 4.51. The van der Waals surface area contributed by atoms with E-state index >= 15 is 0 Å². The second kappa shape index (κ2) is 10.9. The molecule has 1 unspecified atom stereocenters. The van der Waals surface area contributed by atoms with Crippen LogP contribution in [-0.4, -0.2) is 47.6 Å². The number of halogens is 1. The van der Waals surface area contributed by atoms with Crippen LogP contribution in [0.5, 0.6) is 5.75 Å². The second-order valence-electron chi connectivity index (χ2n) is 8.74. The molecule has 0 aliphatic carbocycles. The van der Waals surface area contributed by atoms with Gasteiger partial charge in [-0.1, -0.05) is 31.0 Å². The summed E-state index contributed by atoms with van der Waals surface area (Å²) in [6.07, 6.45) is 7.66. The van der Waals surface area contributed by atoms with Gasteiger partial charge in [0.1, 0.15) is 12.1 Å². The van der Waals surface area contributed by atoms with Gasteiger partial charge in [0.2, 0.25) is 0 Å². The van der Waals surface area contributed by atoms with E-state index in [1.165, 1.54) is 28.8 Å². The van der Waals surface area contributed by atoms with Crippen LogP contribution in [0.1, 0.15) is 31.4 Å². The van der Waals surface area contributed by atoms with E-state index in [-0.39, 0.29) is 17.8 Å². The average molecular weight is 530 g/mol. The molecule has 10 nitrogen and oxygen atoms in total. The fraction of sp³-hybridized carbons (Fsp3) is 0.222. The molecule has 38 heavy (non-hydrogen) atoms. The molecule has 0 saturated heterocycles. The first-order valence-corrected chi connectivity index (χ1v) is 12.4. The van der Waals surface area contributed by atoms with Crippen molar-refractivity contribution in [1.82, 2.24) is 34.7 Å². The number of carbonyl (C=O) groups excluding carboxylic acids is 1. The Labute approximate surface area is 222 Å². The molecule has 0 aliphatic rings. The standard InChI is InChI=1S/C27H24ClN7O3/c1-3-4-24(25(36)12-17-5-7-21-22(11-17)30-10-9-29-21)34-15-26(38-2)20(14-27(34)37)19-13-18(28)6-8-23(19)35-16-31-32-33-35/h5-11,13-16,24H,3-4,12H2,1-2H3. The molecule has 0 amide bonds. The molecule has 2 aromatic carbocycles. The Kier molecular flexibility index (Phi) is 7.23. The molecule has 3 aromatic heterocycles. The highest BCUT2D eigenvalue weighted by atomic mass is 35.5. The molecule has 3 heterocycles.